The Labute approximate surface area is 104 Å². The second-order valence-electron chi connectivity index (χ2n) is 2.90. The predicted molar refractivity (Wildman–Crippen MR) is 62.5 cm³/mol. The first-order valence-corrected chi connectivity index (χ1v) is 5.88. The molecule has 15 heavy (non-hydrogen) atoms. The van der Waals surface area contributed by atoms with Gasteiger partial charge in [0.15, 0.2) is 0 Å². The zero-order valence-corrected chi connectivity index (χ0v) is 11.4. The Morgan fingerprint density at radius 1 is 1.47 bits per heavy atom. The highest BCUT2D eigenvalue weighted by Crippen LogP contribution is 2.32. The minimum atomic E-state index is -0.456. The Bertz CT molecular complexity index is 405. The summed E-state index contributed by atoms with van der Waals surface area (Å²) in [6, 6.07) is 1.29. The molecular weight excluding hydrogens is 331 g/mol. The number of aryl methyl sites for hydroxylation is 1. The van der Waals surface area contributed by atoms with Crippen LogP contribution in [0.2, 0.25) is 0 Å². The van der Waals surface area contributed by atoms with E-state index in [4.69, 9.17) is 4.74 Å². The van der Waals surface area contributed by atoms with Gasteiger partial charge in [0.1, 0.15) is 5.82 Å². The molecule has 0 amide bonds. The molecule has 0 N–H and O–H groups in total. The summed E-state index contributed by atoms with van der Waals surface area (Å²) in [5.41, 5.74) is 0.895. The van der Waals surface area contributed by atoms with Crippen molar-refractivity contribution in [3.05, 3.63) is 32.0 Å². The van der Waals surface area contributed by atoms with Crippen LogP contribution in [0.1, 0.15) is 22.8 Å². The second kappa shape index (κ2) is 5.07. The van der Waals surface area contributed by atoms with Crippen LogP contribution in [-0.2, 0) is 4.74 Å². The molecule has 0 aliphatic carbocycles. The molecule has 0 heterocycles. The summed E-state index contributed by atoms with van der Waals surface area (Å²) in [5, 5.41) is 0. The van der Waals surface area contributed by atoms with E-state index in [1.54, 1.807) is 13.8 Å². The van der Waals surface area contributed by atoms with E-state index in [9.17, 15) is 9.18 Å². The van der Waals surface area contributed by atoms with Gasteiger partial charge >= 0.3 is 5.97 Å². The summed E-state index contributed by atoms with van der Waals surface area (Å²) in [6.07, 6.45) is 0. The van der Waals surface area contributed by atoms with Gasteiger partial charge in [-0.25, -0.2) is 9.18 Å². The Hall–Kier alpha value is -0.420. The largest absolute Gasteiger partial charge is 0.462 e. The Morgan fingerprint density at radius 2 is 2.07 bits per heavy atom. The average molecular weight is 340 g/mol. The number of benzene rings is 1. The number of hydrogen-bond acceptors (Lipinski definition) is 2. The first kappa shape index (κ1) is 12.6. The third kappa shape index (κ3) is 2.58. The molecule has 0 saturated heterocycles. The molecule has 0 aromatic heterocycles. The lowest BCUT2D eigenvalue weighted by Gasteiger charge is -2.09. The van der Waals surface area contributed by atoms with E-state index in [0.29, 0.717) is 22.2 Å². The molecular formula is C10H9Br2FO2. The van der Waals surface area contributed by atoms with Crippen LogP contribution in [0.3, 0.4) is 0 Å². The molecule has 0 atom stereocenters. The molecule has 1 aromatic rings. The van der Waals surface area contributed by atoms with Gasteiger partial charge in [0.05, 0.1) is 16.6 Å². The van der Waals surface area contributed by atoms with E-state index in [-0.39, 0.29) is 4.47 Å². The zero-order valence-electron chi connectivity index (χ0n) is 8.23. The van der Waals surface area contributed by atoms with Crippen LogP contribution in [-0.4, -0.2) is 12.6 Å². The summed E-state index contributed by atoms with van der Waals surface area (Å²) in [5.74, 6) is -0.866. The highest BCUT2D eigenvalue weighted by molar-refractivity contribution is 9.13. The second-order valence-corrected chi connectivity index (χ2v) is 4.48. The predicted octanol–water partition coefficient (Wildman–Crippen LogP) is 3.84. The molecule has 2 nitrogen and oxygen atoms in total. The van der Waals surface area contributed by atoms with E-state index in [1.807, 2.05) is 0 Å². The molecule has 0 bridgehead atoms. The molecule has 0 aliphatic rings. The highest BCUT2D eigenvalue weighted by Gasteiger charge is 2.19. The molecule has 82 valence electrons. The van der Waals surface area contributed by atoms with Gasteiger partial charge in [-0.15, -0.1) is 0 Å². The first-order chi connectivity index (χ1) is 6.99. The number of ether oxygens (including phenoxy) is 1. The number of rotatable bonds is 2. The molecule has 0 unspecified atom stereocenters. The molecule has 0 saturated carbocycles. The lowest BCUT2D eigenvalue weighted by Crippen LogP contribution is -2.08. The Morgan fingerprint density at radius 3 is 2.60 bits per heavy atom. The number of halogens is 3. The van der Waals surface area contributed by atoms with Crippen LogP contribution < -0.4 is 0 Å². The van der Waals surface area contributed by atoms with Crippen molar-refractivity contribution in [3.8, 4) is 0 Å². The molecule has 1 aromatic carbocycles. The van der Waals surface area contributed by atoms with E-state index in [2.05, 4.69) is 31.9 Å². The van der Waals surface area contributed by atoms with Crippen molar-refractivity contribution >= 4 is 37.8 Å². The highest BCUT2D eigenvalue weighted by atomic mass is 79.9. The number of carbonyl (C=O) groups excluding carboxylic acids is 1. The Kier molecular flexibility index (Phi) is 4.28. The summed E-state index contributed by atoms with van der Waals surface area (Å²) in [4.78, 5) is 11.6. The van der Waals surface area contributed by atoms with Crippen molar-refractivity contribution in [1.82, 2.24) is 0 Å². The number of hydrogen-bond donors (Lipinski definition) is 0. The maximum atomic E-state index is 13.2. The standard InChI is InChI=1S/C10H9Br2FO2/c1-3-15-10(14)7-5(2)4-6(13)8(11)9(7)12/h4H,3H2,1-2H3. The van der Waals surface area contributed by atoms with E-state index in [1.165, 1.54) is 6.07 Å². The fourth-order valence-electron chi connectivity index (χ4n) is 1.17. The maximum Gasteiger partial charge on any atom is 0.339 e. The molecule has 5 heteroatoms. The van der Waals surface area contributed by atoms with Crippen LogP contribution in [0, 0.1) is 12.7 Å². The maximum absolute atomic E-state index is 13.2. The van der Waals surface area contributed by atoms with Gasteiger partial charge in [-0.1, -0.05) is 0 Å². The normalized spacial score (nSPS) is 10.2. The lowest BCUT2D eigenvalue weighted by molar-refractivity contribution is 0.0524. The van der Waals surface area contributed by atoms with Crippen LogP contribution >= 0.6 is 31.9 Å². The minimum absolute atomic E-state index is 0.233. The molecule has 0 radical (unpaired) electrons. The van der Waals surface area contributed by atoms with Crippen LogP contribution in [0.15, 0.2) is 15.0 Å². The SMILES string of the molecule is CCOC(=O)c1c(C)cc(F)c(Br)c1Br. The number of esters is 1. The van der Waals surface area contributed by atoms with Gasteiger partial charge in [-0.05, 0) is 57.3 Å². The summed E-state index contributed by atoms with van der Waals surface area (Å²) in [6.45, 7) is 3.67. The van der Waals surface area contributed by atoms with Crippen molar-refractivity contribution in [1.29, 1.82) is 0 Å². The van der Waals surface area contributed by atoms with E-state index in [0.717, 1.165) is 0 Å². The zero-order chi connectivity index (χ0) is 11.6. The molecule has 0 fully saturated rings. The summed E-state index contributed by atoms with van der Waals surface area (Å²) in [7, 11) is 0. The summed E-state index contributed by atoms with van der Waals surface area (Å²) >= 11 is 6.22. The third-order valence-electron chi connectivity index (χ3n) is 1.84. The van der Waals surface area contributed by atoms with Gasteiger partial charge in [0, 0.05) is 4.47 Å². The van der Waals surface area contributed by atoms with Crippen molar-refractivity contribution in [2.24, 2.45) is 0 Å². The molecule has 0 spiro atoms. The third-order valence-corrected chi connectivity index (χ3v) is 3.94. The van der Waals surface area contributed by atoms with Crippen molar-refractivity contribution < 1.29 is 13.9 Å². The van der Waals surface area contributed by atoms with Crippen molar-refractivity contribution in [3.63, 3.8) is 0 Å². The topological polar surface area (TPSA) is 26.3 Å². The lowest BCUT2D eigenvalue weighted by atomic mass is 10.1. The molecule has 1 rings (SSSR count). The van der Waals surface area contributed by atoms with Crippen LogP contribution in [0.5, 0.6) is 0 Å². The van der Waals surface area contributed by atoms with Gasteiger partial charge in [-0.2, -0.15) is 0 Å². The molecule has 0 aliphatic heterocycles. The van der Waals surface area contributed by atoms with Crippen molar-refractivity contribution in [2.45, 2.75) is 13.8 Å². The van der Waals surface area contributed by atoms with Crippen LogP contribution in [0.4, 0.5) is 4.39 Å². The summed E-state index contributed by atoms with van der Waals surface area (Å²) < 4.78 is 18.7. The quantitative estimate of drug-likeness (QED) is 0.604. The smallest absolute Gasteiger partial charge is 0.339 e. The Balaban J connectivity index is 3.29. The monoisotopic (exact) mass is 338 g/mol. The minimum Gasteiger partial charge on any atom is -0.462 e. The van der Waals surface area contributed by atoms with Gasteiger partial charge in [-0.3, -0.25) is 0 Å². The van der Waals surface area contributed by atoms with Crippen LogP contribution in [0.25, 0.3) is 0 Å². The first-order valence-electron chi connectivity index (χ1n) is 4.30. The van der Waals surface area contributed by atoms with E-state index >= 15 is 0 Å². The van der Waals surface area contributed by atoms with Gasteiger partial charge in [0.2, 0.25) is 0 Å². The van der Waals surface area contributed by atoms with Crippen molar-refractivity contribution in [2.75, 3.05) is 6.61 Å². The van der Waals surface area contributed by atoms with E-state index < -0.39 is 11.8 Å². The fraction of sp³-hybridized carbons (Fsp3) is 0.300. The number of carbonyl (C=O) groups is 1. The average Bonchev–Trinajstić information content (AvgIpc) is 2.15. The van der Waals surface area contributed by atoms with Gasteiger partial charge < -0.3 is 4.74 Å². The van der Waals surface area contributed by atoms with Gasteiger partial charge in [0.25, 0.3) is 0 Å². The fourth-order valence-corrected chi connectivity index (χ4v) is 2.14.